The Morgan fingerprint density at radius 3 is 2.46 bits per heavy atom. The van der Waals surface area contributed by atoms with Crippen molar-refractivity contribution < 1.29 is 0 Å². The van der Waals surface area contributed by atoms with E-state index in [0.717, 1.165) is 5.56 Å². The molecule has 13 heavy (non-hydrogen) atoms. The normalized spacial score (nSPS) is 12.9. The van der Waals surface area contributed by atoms with Crippen molar-refractivity contribution in [3.05, 3.63) is 27.7 Å². The van der Waals surface area contributed by atoms with Crippen molar-refractivity contribution in [2.24, 2.45) is 5.73 Å². The average molecular weight is 237 g/mol. The molecule has 0 spiro atoms. The van der Waals surface area contributed by atoms with Gasteiger partial charge in [0.25, 0.3) is 0 Å². The van der Waals surface area contributed by atoms with Gasteiger partial charge in [-0.2, -0.15) is 12.6 Å². The van der Waals surface area contributed by atoms with Gasteiger partial charge in [0, 0.05) is 16.8 Å². The molecule has 1 atom stereocenters. The van der Waals surface area contributed by atoms with Crippen LogP contribution in [0.25, 0.3) is 0 Å². The number of halogens is 2. The Kier molecular flexibility index (Phi) is 3.74. The van der Waals surface area contributed by atoms with E-state index in [2.05, 4.69) is 12.6 Å². The summed E-state index contributed by atoms with van der Waals surface area (Å²) < 4.78 is 0. The quantitative estimate of drug-likeness (QED) is 0.546. The standard InChI is InChI=1S/C8H10Cl2N2S/c9-5-2-7(12)6(10)1-4(5)8(13)3-11/h1-2,8,13H,3,11-12H2. The number of nitrogen functional groups attached to an aromatic ring is 1. The molecule has 4 N–H and O–H groups in total. The molecule has 0 aliphatic heterocycles. The van der Waals surface area contributed by atoms with Crippen molar-refractivity contribution in [1.29, 1.82) is 0 Å². The molecule has 0 saturated heterocycles. The molecular weight excluding hydrogens is 227 g/mol. The summed E-state index contributed by atoms with van der Waals surface area (Å²) in [6, 6.07) is 3.31. The maximum atomic E-state index is 5.93. The number of thiol groups is 1. The third-order valence-electron chi connectivity index (χ3n) is 1.70. The van der Waals surface area contributed by atoms with Gasteiger partial charge in [0.05, 0.1) is 10.7 Å². The molecule has 0 saturated carbocycles. The summed E-state index contributed by atoms with van der Waals surface area (Å²) in [5, 5.41) is 0.921. The lowest BCUT2D eigenvalue weighted by atomic mass is 10.1. The van der Waals surface area contributed by atoms with E-state index in [-0.39, 0.29) is 5.25 Å². The lowest BCUT2D eigenvalue weighted by molar-refractivity contribution is 0.950. The van der Waals surface area contributed by atoms with Crippen molar-refractivity contribution in [3.63, 3.8) is 0 Å². The Balaban J connectivity index is 3.15. The van der Waals surface area contributed by atoms with Crippen LogP contribution in [0.15, 0.2) is 12.1 Å². The van der Waals surface area contributed by atoms with Crippen LogP contribution in [0.4, 0.5) is 5.69 Å². The smallest absolute Gasteiger partial charge is 0.0639 e. The molecule has 72 valence electrons. The summed E-state index contributed by atoms with van der Waals surface area (Å²) in [7, 11) is 0. The molecule has 1 aromatic rings. The Labute approximate surface area is 92.6 Å². The molecular formula is C8H10Cl2N2S. The summed E-state index contributed by atoms with van der Waals surface area (Å²) in [5.74, 6) is 0. The number of hydrogen-bond donors (Lipinski definition) is 3. The van der Waals surface area contributed by atoms with Gasteiger partial charge in [-0.25, -0.2) is 0 Å². The average Bonchev–Trinajstić information content (AvgIpc) is 2.10. The highest BCUT2D eigenvalue weighted by Gasteiger charge is 2.11. The maximum Gasteiger partial charge on any atom is 0.0639 e. The molecule has 0 aliphatic rings. The minimum absolute atomic E-state index is 0.106. The summed E-state index contributed by atoms with van der Waals surface area (Å²) in [6.45, 7) is 0.406. The van der Waals surface area contributed by atoms with Gasteiger partial charge >= 0.3 is 0 Å². The van der Waals surface area contributed by atoms with E-state index >= 15 is 0 Å². The molecule has 1 rings (SSSR count). The number of rotatable bonds is 2. The molecule has 0 radical (unpaired) electrons. The minimum atomic E-state index is -0.106. The van der Waals surface area contributed by atoms with Gasteiger partial charge in [-0.15, -0.1) is 0 Å². The van der Waals surface area contributed by atoms with Crippen molar-refractivity contribution in [1.82, 2.24) is 0 Å². The molecule has 0 heterocycles. The third kappa shape index (κ3) is 2.44. The Morgan fingerprint density at radius 1 is 1.31 bits per heavy atom. The zero-order chi connectivity index (χ0) is 10.0. The van der Waals surface area contributed by atoms with Gasteiger partial charge in [-0.3, -0.25) is 0 Å². The zero-order valence-electron chi connectivity index (χ0n) is 6.80. The SMILES string of the molecule is NCC(S)c1cc(Cl)c(N)cc1Cl. The molecule has 0 amide bonds. The van der Waals surface area contributed by atoms with Crippen LogP contribution in [0.2, 0.25) is 10.0 Å². The van der Waals surface area contributed by atoms with E-state index in [1.165, 1.54) is 0 Å². The van der Waals surface area contributed by atoms with E-state index in [1.54, 1.807) is 12.1 Å². The van der Waals surface area contributed by atoms with E-state index < -0.39 is 0 Å². The van der Waals surface area contributed by atoms with Crippen LogP contribution in [0.3, 0.4) is 0 Å². The van der Waals surface area contributed by atoms with Gasteiger partial charge in [-0.05, 0) is 17.7 Å². The number of benzene rings is 1. The molecule has 0 aliphatic carbocycles. The highest BCUT2D eigenvalue weighted by atomic mass is 35.5. The van der Waals surface area contributed by atoms with Gasteiger partial charge in [0.15, 0.2) is 0 Å². The van der Waals surface area contributed by atoms with Crippen LogP contribution < -0.4 is 11.5 Å². The van der Waals surface area contributed by atoms with E-state index in [9.17, 15) is 0 Å². The second-order valence-corrected chi connectivity index (χ2v) is 4.08. The van der Waals surface area contributed by atoms with Crippen molar-refractivity contribution in [2.75, 3.05) is 12.3 Å². The largest absolute Gasteiger partial charge is 0.397 e. The fourth-order valence-electron chi connectivity index (χ4n) is 0.960. The monoisotopic (exact) mass is 236 g/mol. The summed E-state index contributed by atoms with van der Waals surface area (Å²) in [5.41, 5.74) is 12.3. The molecule has 1 unspecified atom stereocenters. The second kappa shape index (κ2) is 4.42. The first kappa shape index (κ1) is 11.0. The molecule has 5 heteroatoms. The number of nitrogens with two attached hydrogens (primary N) is 2. The van der Waals surface area contributed by atoms with E-state index in [1.807, 2.05) is 0 Å². The maximum absolute atomic E-state index is 5.93. The van der Waals surface area contributed by atoms with Crippen LogP contribution in [-0.4, -0.2) is 6.54 Å². The van der Waals surface area contributed by atoms with Crippen LogP contribution in [0, 0.1) is 0 Å². The predicted molar refractivity (Wildman–Crippen MR) is 61.7 cm³/mol. The fourth-order valence-corrected chi connectivity index (χ4v) is 1.73. The fraction of sp³-hybridized carbons (Fsp3) is 0.250. The number of anilines is 1. The van der Waals surface area contributed by atoms with Gasteiger partial charge < -0.3 is 11.5 Å². The van der Waals surface area contributed by atoms with Crippen LogP contribution >= 0.6 is 35.8 Å². The van der Waals surface area contributed by atoms with Gasteiger partial charge in [0.2, 0.25) is 0 Å². The summed E-state index contributed by atoms with van der Waals surface area (Å²) >= 11 is 16.0. The molecule has 2 nitrogen and oxygen atoms in total. The third-order valence-corrected chi connectivity index (χ3v) is 2.84. The molecule has 0 fully saturated rings. The second-order valence-electron chi connectivity index (χ2n) is 2.65. The molecule has 0 bridgehead atoms. The summed E-state index contributed by atoms with van der Waals surface area (Å²) in [6.07, 6.45) is 0. The Hall–Kier alpha value is -0.0900. The summed E-state index contributed by atoms with van der Waals surface area (Å²) in [4.78, 5) is 0. The highest BCUT2D eigenvalue weighted by Crippen LogP contribution is 2.32. The van der Waals surface area contributed by atoms with Crippen LogP contribution in [0.1, 0.15) is 10.8 Å². The van der Waals surface area contributed by atoms with E-state index in [0.29, 0.717) is 22.3 Å². The first-order valence-corrected chi connectivity index (χ1v) is 4.96. The van der Waals surface area contributed by atoms with Crippen LogP contribution in [-0.2, 0) is 0 Å². The van der Waals surface area contributed by atoms with Crippen LogP contribution in [0.5, 0.6) is 0 Å². The minimum Gasteiger partial charge on any atom is -0.397 e. The topological polar surface area (TPSA) is 52.0 Å². The highest BCUT2D eigenvalue weighted by molar-refractivity contribution is 7.80. The van der Waals surface area contributed by atoms with Gasteiger partial charge in [-0.1, -0.05) is 23.2 Å². The first-order valence-electron chi connectivity index (χ1n) is 3.68. The first-order chi connectivity index (χ1) is 6.06. The zero-order valence-corrected chi connectivity index (χ0v) is 9.20. The lowest BCUT2D eigenvalue weighted by Crippen LogP contribution is -2.07. The van der Waals surface area contributed by atoms with Crippen molar-refractivity contribution >= 4 is 41.5 Å². The lowest BCUT2D eigenvalue weighted by Gasteiger charge is -2.11. The van der Waals surface area contributed by atoms with E-state index in [4.69, 9.17) is 34.7 Å². The predicted octanol–water partition coefficient (Wildman–Crippen LogP) is 2.51. The molecule has 1 aromatic carbocycles. The van der Waals surface area contributed by atoms with Gasteiger partial charge in [0.1, 0.15) is 0 Å². The Bertz CT molecular complexity index is 317. The Morgan fingerprint density at radius 2 is 1.92 bits per heavy atom. The molecule has 0 aromatic heterocycles. The number of hydrogen-bond acceptors (Lipinski definition) is 3. The van der Waals surface area contributed by atoms with Crippen molar-refractivity contribution in [2.45, 2.75) is 5.25 Å². The van der Waals surface area contributed by atoms with Crippen molar-refractivity contribution in [3.8, 4) is 0 Å².